The van der Waals surface area contributed by atoms with E-state index in [2.05, 4.69) is 9.97 Å². The van der Waals surface area contributed by atoms with Gasteiger partial charge in [0.25, 0.3) is 0 Å². The number of fused-ring (bicyclic) bond motifs is 3. The van der Waals surface area contributed by atoms with Crippen LogP contribution in [0.15, 0.2) is 30.5 Å². The quantitative estimate of drug-likeness (QED) is 0.699. The van der Waals surface area contributed by atoms with Gasteiger partial charge in [-0.1, -0.05) is 11.6 Å². The van der Waals surface area contributed by atoms with Gasteiger partial charge < -0.3 is 9.72 Å². The molecule has 0 aliphatic carbocycles. The Kier molecular flexibility index (Phi) is 2.01. The number of halogens is 1. The molecule has 0 spiro atoms. The van der Waals surface area contributed by atoms with Crippen molar-refractivity contribution >= 4 is 33.5 Å². The Bertz CT molecular complexity index is 675. The summed E-state index contributed by atoms with van der Waals surface area (Å²) in [7, 11) is 1.65. The highest BCUT2D eigenvalue weighted by atomic mass is 35.5. The molecular weight excluding hydrogens is 224 g/mol. The zero-order chi connectivity index (χ0) is 11.1. The Morgan fingerprint density at radius 3 is 3.00 bits per heavy atom. The molecule has 16 heavy (non-hydrogen) atoms. The van der Waals surface area contributed by atoms with E-state index in [9.17, 15) is 0 Å². The maximum absolute atomic E-state index is 6.10. The summed E-state index contributed by atoms with van der Waals surface area (Å²) in [5.74, 6) is 0.815. The van der Waals surface area contributed by atoms with E-state index in [1.807, 2.05) is 18.2 Å². The van der Waals surface area contributed by atoms with Gasteiger partial charge >= 0.3 is 0 Å². The van der Waals surface area contributed by atoms with E-state index in [0.29, 0.717) is 5.02 Å². The fourth-order valence-corrected chi connectivity index (χ4v) is 2.05. The average Bonchev–Trinajstić information content (AvgIpc) is 2.68. The zero-order valence-electron chi connectivity index (χ0n) is 8.62. The summed E-state index contributed by atoms with van der Waals surface area (Å²) in [5.41, 5.74) is 2.74. The highest BCUT2D eigenvalue weighted by Gasteiger charge is 2.08. The molecule has 0 saturated carbocycles. The highest BCUT2D eigenvalue weighted by molar-refractivity contribution is 6.35. The van der Waals surface area contributed by atoms with Crippen molar-refractivity contribution in [1.82, 2.24) is 9.97 Å². The first-order valence-corrected chi connectivity index (χ1v) is 5.27. The van der Waals surface area contributed by atoms with Crippen molar-refractivity contribution in [3.05, 3.63) is 35.5 Å². The van der Waals surface area contributed by atoms with Gasteiger partial charge in [-0.15, -0.1) is 0 Å². The SMILES string of the molecule is COc1ccc2c(c1)[nH]c1c(Cl)ccnc12. The van der Waals surface area contributed by atoms with Gasteiger partial charge in [-0.05, 0) is 18.2 Å². The first-order chi connectivity index (χ1) is 7.79. The maximum Gasteiger partial charge on any atom is 0.120 e. The third-order valence-corrected chi connectivity index (χ3v) is 2.96. The normalized spacial score (nSPS) is 11.1. The number of pyridine rings is 1. The van der Waals surface area contributed by atoms with Crippen LogP contribution < -0.4 is 4.74 Å². The van der Waals surface area contributed by atoms with E-state index in [4.69, 9.17) is 16.3 Å². The van der Waals surface area contributed by atoms with Gasteiger partial charge in [-0.3, -0.25) is 4.98 Å². The standard InChI is InChI=1S/C12H9ClN2O/c1-16-7-2-3-8-10(6-7)15-12-9(13)4-5-14-11(8)12/h2-6,15H,1H3. The van der Waals surface area contributed by atoms with Crippen LogP contribution in [0.4, 0.5) is 0 Å². The summed E-state index contributed by atoms with van der Waals surface area (Å²) >= 11 is 6.10. The number of benzene rings is 1. The van der Waals surface area contributed by atoms with Crippen molar-refractivity contribution < 1.29 is 4.74 Å². The molecule has 1 aromatic carbocycles. The van der Waals surface area contributed by atoms with E-state index in [1.54, 1.807) is 19.4 Å². The molecule has 2 heterocycles. The Labute approximate surface area is 97.0 Å². The molecule has 0 amide bonds. The van der Waals surface area contributed by atoms with Crippen LogP contribution >= 0.6 is 11.6 Å². The molecule has 3 nitrogen and oxygen atoms in total. The smallest absolute Gasteiger partial charge is 0.120 e. The van der Waals surface area contributed by atoms with Gasteiger partial charge in [0.1, 0.15) is 5.75 Å². The predicted molar refractivity (Wildman–Crippen MR) is 65.2 cm³/mol. The van der Waals surface area contributed by atoms with Crippen molar-refractivity contribution in [2.75, 3.05) is 7.11 Å². The minimum absolute atomic E-state index is 0.681. The molecule has 0 unspecified atom stereocenters. The molecule has 0 atom stereocenters. The second-order valence-corrected chi connectivity index (χ2v) is 3.96. The van der Waals surface area contributed by atoms with Crippen LogP contribution in [-0.2, 0) is 0 Å². The number of nitrogens with one attached hydrogen (secondary N) is 1. The second kappa shape index (κ2) is 3.39. The molecule has 0 aliphatic heterocycles. The molecule has 2 aromatic heterocycles. The van der Waals surface area contributed by atoms with E-state index in [0.717, 1.165) is 27.7 Å². The number of methoxy groups -OCH3 is 1. The van der Waals surface area contributed by atoms with Crippen LogP contribution in [0.3, 0.4) is 0 Å². The molecule has 1 N–H and O–H groups in total. The first kappa shape index (κ1) is 9.48. The summed E-state index contributed by atoms with van der Waals surface area (Å²) < 4.78 is 5.18. The van der Waals surface area contributed by atoms with Crippen molar-refractivity contribution in [2.45, 2.75) is 0 Å². The summed E-state index contributed by atoms with van der Waals surface area (Å²) in [5, 5.41) is 1.73. The van der Waals surface area contributed by atoms with E-state index >= 15 is 0 Å². The molecule has 0 saturated heterocycles. The van der Waals surface area contributed by atoms with Crippen LogP contribution in [-0.4, -0.2) is 17.1 Å². The molecular formula is C12H9ClN2O. The van der Waals surface area contributed by atoms with Crippen LogP contribution in [0.5, 0.6) is 5.75 Å². The molecule has 80 valence electrons. The monoisotopic (exact) mass is 232 g/mol. The Morgan fingerprint density at radius 1 is 1.31 bits per heavy atom. The third kappa shape index (κ3) is 1.25. The Hall–Kier alpha value is -1.74. The summed E-state index contributed by atoms with van der Waals surface area (Å²) in [6.45, 7) is 0. The number of hydrogen-bond acceptors (Lipinski definition) is 2. The number of aromatic amines is 1. The molecule has 0 aliphatic rings. The fourth-order valence-electron chi connectivity index (χ4n) is 1.86. The molecule has 0 bridgehead atoms. The minimum Gasteiger partial charge on any atom is -0.497 e. The number of ether oxygens (including phenoxy) is 1. The number of nitrogens with zero attached hydrogens (tertiary/aromatic N) is 1. The Morgan fingerprint density at radius 2 is 2.19 bits per heavy atom. The fraction of sp³-hybridized carbons (Fsp3) is 0.0833. The van der Waals surface area contributed by atoms with Crippen molar-refractivity contribution in [3.63, 3.8) is 0 Å². The third-order valence-electron chi connectivity index (χ3n) is 2.64. The minimum atomic E-state index is 0.681. The molecule has 4 heteroatoms. The number of H-pyrrole nitrogens is 1. The predicted octanol–water partition coefficient (Wildman–Crippen LogP) is 3.38. The Balaban J connectivity index is 2.45. The number of hydrogen-bond donors (Lipinski definition) is 1. The van der Waals surface area contributed by atoms with Crippen LogP contribution in [0.1, 0.15) is 0 Å². The van der Waals surface area contributed by atoms with Gasteiger partial charge in [-0.2, -0.15) is 0 Å². The molecule has 0 radical (unpaired) electrons. The molecule has 3 rings (SSSR count). The largest absolute Gasteiger partial charge is 0.497 e. The average molecular weight is 233 g/mol. The van der Waals surface area contributed by atoms with Gasteiger partial charge in [0, 0.05) is 17.6 Å². The van der Waals surface area contributed by atoms with Crippen molar-refractivity contribution in [2.24, 2.45) is 0 Å². The summed E-state index contributed by atoms with van der Waals surface area (Å²) in [6.07, 6.45) is 1.71. The van der Waals surface area contributed by atoms with Crippen LogP contribution in [0.25, 0.3) is 21.9 Å². The molecule has 3 aromatic rings. The lowest BCUT2D eigenvalue weighted by Gasteiger charge is -1.97. The second-order valence-electron chi connectivity index (χ2n) is 3.55. The lowest BCUT2D eigenvalue weighted by atomic mass is 10.2. The zero-order valence-corrected chi connectivity index (χ0v) is 9.38. The number of aromatic nitrogens is 2. The highest BCUT2D eigenvalue weighted by Crippen LogP contribution is 2.30. The van der Waals surface area contributed by atoms with E-state index < -0.39 is 0 Å². The van der Waals surface area contributed by atoms with E-state index in [1.165, 1.54) is 0 Å². The first-order valence-electron chi connectivity index (χ1n) is 4.89. The lowest BCUT2D eigenvalue weighted by molar-refractivity contribution is 0.415. The van der Waals surface area contributed by atoms with Crippen LogP contribution in [0.2, 0.25) is 5.02 Å². The van der Waals surface area contributed by atoms with Gasteiger partial charge in [0.15, 0.2) is 0 Å². The van der Waals surface area contributed by atoms with Gasteiger partial charge in [-0.25, -0.2) is 0 Å². The van der Waals surface area contributed by atoms with E-state index in [-0.39, 0.29) is 0 Å². The van der Waals surface area contributed by atoms with Crippen LogP contribution in [0, 0.1) is 0 Å². The summed E-state index contributed by atoms with van der Waals surface area (Å²) in [6, 6.07) is 7.61. The van der Waals surface area contributed by atoms with Gasteiger partial charge in [0.05, 0.1) is 28.7 Å². The maximum atomic E-state index is 6.10. The molecule has 0 fully saturated rings. The van der Waals surface area contributed by atoms with Gasteiger partial charge in [0.2, 0.25) is 0 Å². The summed E-state index contributed by atoms with van der Waals surface area (Å²) in [4.78, 5) is 7.58. The lowest BCUT2D eigenvalue weighted by Crippen LogP contribution is -1.80. The van der Waals surface area contributed by atoms with Crippen molar-refractivity contribution in [1.29, 1.82) is 0 Å². The van der Waals surface area contributed by atoms with Crippen molar-refractivity contribution in [3.8, 4) is 5.75 Å². The topological polar surface area (TPSA) is 37.9 Å². The number of rotatable bonds is 1.